The summed E-state index contributed by atoms with van der Waals surface area (Å²) in [6.45, 7) is 5.88. The van der Waals surface area contributed by atoms with E-state index < -0.39 is 5.97 Å². The highest BCUT2D eigenvalue weighted by Crippen LogP contribution is 2.37. The molecule has 2 rings (SSSR count). The zero-order valence-electron chi connectivity index (χ0n) is 11.7. The molecule has 0 aromatic carbocycles. The maximum absolute atomic E-state index is 11.4. The molecule has 1 heterocycles. The number of rotatable bonds is 3. The van der Waals surface area contributed by atoms with Gasteiger partial charge in [-0.25, -0.2) is 4.79 Å². The molecule has 1 aliphatic carbocycles. The summed E-state index contributed by atoms with van der Waals surface area (Å²) in [5.74, 6) is 0.147. The van der Waals surface area contributed by atoms with Crippen LogP contribution in [0.25, 0.3) is 0 Å². The van der Waals surface area contributed by atoms with E-state index in [-0.39, 0.29) is 17.5 Å². The molecule has 1 saturated carbocycles. The van der Waals surface area contributed by atoms with E-state index in [1.54, 1.807) is 10.8 Å². The van der Waals surface area contributed by atoms with Crippen LogP contribution in [0.2, 0.25) is 0 Å². The predicted octanol–water partition coefficient (Wildman–Crippen LogP) is 3.39. The van der Waals surface area contributed by atoms with Crippen LogP contribution in [-0.2, 0) is 0 Å². The Morgan fingerprint density at radius 1 is 1.21 bits per heavy atom. The van der Waals surface area contributed by atoms with E-state index in [1.807, 2.05) is 0 Å². The van der Waals surface area contributed by atoms with Gasteiger partial charge in [-0.05, 0) is 44.1 Å². The molecule has 0 aliphatic heterocycles. The summed E-state index contributed by atoms with van der Waals surface area (Å²) in [6.07, 6.45) is 4.87. The van der Waals surface area contributed by atoms with Crippen LogP contribution in [0.1, 0.15) is 66.9 Å². The molecule has 4 nitrogen and oxygen atoms in total. The lowest BCUT2D eigenvalue weighted by Gasteiger charge is -2.33. The first kappa shape index (κ1) is 13.8. The average molecular weight is 263 g/mol. The largest absolute Gasteiger partial charge is 0.477 e. The smallest absolute Gasteiger partial charge is 0.352 e. The molecule has 1 aliphatic rings. The number of carboxylic acid groups (broad SMARTS) is 1. The summed E-state index contributed by atoms with van der Waals surface area (Å²) >= 11 is 0. The summed E-state index contributed by atoms with van der Waals surface area (Å²) in [5.41, 5.74) is 0.722. The number of carboxylic acids is 1. The van der Waals surface area contributed by atoms with E-state index in [0.29, 0.717) is 17.4 Å². The third-order valence-corrected chi connectivity index (χ3v) is 4.02. The summed E-state index contributed by atoms with van der Waals surface area (Å²) in [6, 6.07) is 1.69. The lowest BCUT2D eigenvalue weighted by Crippen LogP contribution is -2.24. The van der Waals surface area contributed by atoms with Crippen LogP contribution < -0.4 is 0 Å². The van der Waals surface area contributed by atoms with Crippen molar-refractivity contribution >= 4 is 11.8 Å². The molecule has 19 heavy (non-hydrogen) atoms. The maximum atomic E-state index is 11.4. The molecule has 1 fully saturated rings. The minimum absolute atomic E-state index is 0.0850. The van der Waals surface area contributed by atoms with E-state index in [2.05, 4.69) is 13.8 Å². The lowest BCUT2D eigenvalue weighted by atomic mass is 9.80. The van der Waals surface area contributed by atoms with Crippen molar-refractivity contribution in [2.45, 2.75) is 46.1 Å². The van der Waals surface area contributed by atoms with Gasteiger partial charge < -0.3 is 9.67 Å². The van der Waals surface area contributed by atoms with E-state index in [4.69, 9.17) is 0 Å². The highest BCUT2D eigenvalue weighted by molar-refractivity contribution is 5.97. The fourth-order valence-corrected chi connectivity index (χ4v) is 3.28. The molecule has 0 radical (unpaired) electrons. The van der Waals surface area contributed by atoms with Crippen LogP contribution in [0, 0.1) is 11.8 Å². The average Bonchev–Trinajstić information content (AvgIpc) is 2.72. The minimum Gasteiger partial charge on any atom is -0.477 e. The summed E-state index contributed by atoms with van der Waals surface area (Å²) in [4.78, 5) is 22.8. The summed E-state index contributed by atoms with van der Waals surface area (Å²) in [5, 5.41) is 9.29. The second kappa shape index (κ2) is 5.19. The van der Waals surface area contributed by atoms with E-state index in [1.165, 1.54) is 19.4 Å². The van der Waals surface area contributed by atoms with Crippen molar-refractivity contribution in [3.63, 3.8) is 0 Å². The quantitative estimate of drug-likeness (QED) is 0.850. The van der Waals surface area contributed by atoms with Crippen LogP contribution in [0.4, 0.5) is 0 Å². The van der Waals surface area contributed by atoms with Crippen LogP contribution in [-0.4, -0.2) is 21.4 Å². The number of nitrogens with zero attached hydrogens (tertiary/aromatic N) is 1. The van der Waals surface area contributed by atoms with Crippen molar-refractivity contribution in [2.24, 2.45) is 11.8 Å². The normalized spacial score (nSPS) is 27.2. The fraction of sp³-hybridized carbons (Fsp3) is 0.600. The highest BCUT2D eigenvalue weighted by Gasteiger charge is 2.28. The molecule has 2 atom stereocenters. The number of carbonyl (C=O) groups excluding carboxylic acids is 1. The topological polar surface area (TPSA) is 59.3 Å². The van der Waals surface area contributed by atoms with Crippen LogP contribution in [0.5, 0.6) is 0 Å². The zero-order valence-corrected chi connectivity index (χ0v) is 11.7. The SMILES string of the molecule is CC(=O)c1cc(C(=O)O)n(C2CC(C)CC(C)C2)c1. The van der Waals surface area contributed by atoms with Crippen molar-refractivity contribution < 1.29 is 14.7 Å². The van der Waals surface area contributed by atoms with Crippen molar-refractivity contribution in [1.29, 1.82) is 0 Å². The van der Waals surface area contributed by atoms with E-state index in [9.17, 15) is 14.7 Å². The van der Waals surface area contributed by atoms with Gasteiger partial charge in [0.25, 0.3) is 0 Å². The molecule has 0 saturated heterocycles. The van der Waals surface area contributed by atoms with E-state index >= 15 is 0 Å². The van der Waals surface area contributed by atoms with Crippen molar-refractivity contribution in [3.8, 4) is 0 Å². The highest BCUT2D eigenvalue weighted by atomic mass is 16.4. The number of aromatic nitrogens is 1. The van der Waals surface area contributed by atoms with Gasteiger partial charge >= 0.3 is 5.97 Å². The van der Waals surface area contributed by atoms with Gasteiger partial charge in [0.15, 0.2) is 5.78 Å². The minimum atomic E-state index is -0.960. The fourth-order valence-electron chi connectivity index (χ4n) is 3.28. The van der Waals surface area contributed by atoms with Gasteiger partial charge in [-0.1, -0.05) is 13.8 Å². The third-order valence-electron chi connectivity index (χ3n) is 4.02. The summed E-state index contributed by atoms with van der Waals surface area (Å²) in [7, 11) is 0. The molecule has 2 unspecified atom stereocenters. The summed E-state index contributed by atoms with van der Waals surface area (Å²) < 4.78 is 1.80. The number of Topliss-reactive ketones (excluding diaryl/α,β-unsaturated/α-hetero) is 1. The van der Waals surface area contributed by atoms with Gasteiger partial charge in [-0.2, -0.15) is 0 Å². The Hall–Kier alpha value is -1.58. The van der Waals surface area contributed by atoms with Gasteiger partial charge in [-0.15, -0.1) is 0 Å². The third kappa shape index (κ3) is 2.88. The first-order chi connectivity index (χ1) is 8.88. The van der Waals surface area contributed by atoms with Crippen molar-refractivity contribution in [3.05, 3.63) is 23.5 Å². The van der Waals surface area contributed by atoms with E-state index in [0.717, 1.165) is 12.8 Å². The molecule has 4 heteroatoms. The molecule has 1 aromatic heterocycles. The van der Waals surface area contributed by atoms with Gasteiger partial charge in [-0.3, -0.25) is 4.79 Å². The Kier molecular flexibility index (Phi) is 3.78. The molecule has 0 amide bonds. The first-order valence-electron chi connectivity index (χ1n) is 6.84. The monoisotopic (exact) mass is 263 g/mol. The molecular weight excluding hydrogens is 242 g/mol. The lowest BCUT2D eigenvalue weighted by molar-refractivity contribution is 0.0677. The van der Waals surface area contributed by atoms with Gasteiger partial charge in [0.1, 0.15) is 5.69 Å². The van der Waals surface area contributed by atoms with Crippen LogP contribution >= 0.6 is 0 Å². The van der Waals surface area contributed by atoms with Gasteiger partial charge in [0.05, 0.1) is 0 Å². The Balaban J connectivity index is 2.37. The number of carbonyl (C=O) groups is 2. The zero-order chi connectivity index (χ0) is 14.2. The van der Waals surface area contributed by atoms with Crippen molar-refractivity contribution in [1.82, 2.24) is 4.57 Å². The van der Waals surface area contributed by atoms with Crippen molar-refractivity contribution in [2.75, 3.05) is 0 Å². The standard InChI is InChI=1S/C15H21NO3/c1-9-4-10(2)6-13(5-9)16-8-12(11(3)17)7-14(16)15(18)19/h7-10,13H,4-6H2,1-3H3,(H,18,19). The Bertz CT molecular complexity index is 493. The second-order valence-electron chi connectivity index (χ2n) is 5.95. The predicted molar refractivity (Wildman–Crippen MR) is 72.6 cm³/mol. The molecule has 0 spiro atoms. The number of hydrogen-bond acceptors (Lipinski definition) is 2. The van der Waals surface area contributed by atoms with Gasteiger partial charge in [0.2, 0.25) is 0 Å². The molecule has 1 aromatic rings. The second-order valence-corrected chi connectivity index (χ2v) is 5.95. The number of ketones is 1. The molecule has 0 bridgehead atoms. The molecule has 104 valence electrons. The number of aromatic carboxylic acids is 1. The van der Waals surface area contributed by atoms with Gasteiger partial charge in [0, 0.05) is 17.8 Å². The molecular formula is C15H21NO3. The number of hydrogen-bond donors (Lipinski definition) is 1. The Morgan fingerprint density at radius 3 is 2.26 bits per heavy atom. The van der Waals surface area contributed by atoms with Crippen LogP contribution in [0.15, 0.2) is 12.3 Å². The maximum Gasteiger partial charge on any atom is 0.352 e. The Labute approximate surface area is 113 Å². The molecule has 1 N–H and O–H groups in total. The first-order valence-corrected chi connectivity index (χ1v) is 6.84. The Morgan fingerprint density at radius 2 is 1.79 bits per heavy atom. The van der Waals surface area contributed by atoms with Crippen LogP contribution in [0.3, 0.4) is 0 Å².